The fourth-order valence-electron chi connectivity index (χ4n) is 5.77. The molecule has 152 valence electrons. The van der Waals surface area contributed by atoms with Crippen molar-refractivity contribution in [2.24, 2.45) is 28.3 Å². The minimum atomic E-state index is -2.85. The number of nitrogens with zero attached hydrogens (tertiary/aromatic N) is 1. The zero-order chi connectivity index (χ0) is 19.6. The van der Waals surface area contributed by atoms with Crippen LogP contribution in [0.3, 0.4) is 0 Å². The monoisotopic (exact) mass is 392 g/mol. The largest absolute Gasteiger partial charge is 0.435 e. The summed E-state index contributed by atoms with van der Waals surface area (Å²) in [6.07, 6.45) is 9.36. The maximum Gasteiger partial charge on any atom is 0.387 e. The van der Waals surface area contributed by atoms with Crippen molar-refractivity contribution < 1.29 is 23.1 Å². The summed E-state index contributed by atoms with van der Waals surface area (Å²) in [4.78, 5) is 17.2. The van der Waals surface area contributed by atoms with E-state index in [0.717, 1.165) is 24.3 Å². The molecule has 4 saturated carbocycles. The molecule has 28 heavy (non-hydrogen) atoms. The molecule has 5 rings (SSSR count). The van der Waals surface area contributed by atoms with Gasteiger partial charge in [-0.3, -0.25) is 4.79 Å². The molecular formula is C21H26F2N2O3. The molecular weight excluding hydrogens is 366 g/mol. The van der Waals surface area contributed by atoms with Gasteiger partial charge in [0.15, 0.2) is 6.61 Å². The van der Waals surface area contributed by atoms with Crippen LogP contribution in [0.25, 0.3) is 0 Å². The van der Waals surface area contributed by atoms with Gasteiger partial charge in [0, 0.05) is 6.54 Å². The lowest BCUT2D eigenvalue weighted by atomic mass is 9.49. The number of carbonyl (C=O) groups is 1. The maximum atomic E-state index is 12.1. The van der Waals surface area contributed by atoms with Crippen molar-refractivity contribution in [3.8, 4) is 5.75 Å². The second-order valence-electron chi connectivity index (χ2n) is 8.65. The van der Waals surface area contributed by atoms with Crippen LogP contribution in [0.4, 0.5) is 8.78 Å². The number of alkyl halides is 2. The van der Waals surface area contributed by atoms with Crippen LogP contribution in [0.15, 0.2) is 29.4 Å². The number of carbonyl (C=O) groups excluding carboxylic acids is 1. The smallest absolute Gasteiger partial charge is 0.387 e. The number of hydrogen-bond acceptors (Lipinski definition) is 4. The Morgan fingerprint density at radius 3 is 2.32 bits per heavy atom. The summed E-state index contributed by atoms with van der Waals surface area (Å²) < 4.78 is 28.5. The highest BCUT2D eigenvalue weighted by molar-refractivity contribution is 5.80. The van der Waals surface area contributed by atoms with Gasteiger partial charge in [-0.15, -0.1) is 0 Å². The second kappa shape index (κ2) is 8.05. The average molecular weight is 392 g/mol. The van der Waals surface area contributed by atoms with Gasteiger partial charge in [0.05, 0.1) is 6.21 Å². The Morgan fingerprint density at radius 2 is 1.75 bits per heavy atom. The van der Waals surface area contributed by atoms with Gasteiger partial charge in [-0.1, -0.05) is 5.16 Å². The highest BCUT2D eigenvalue weighted by atomic mass is 19.3. The van der Waals surface area contributed by atoms with Crippen LogP contribution in [0.5, 0.6) is 5.75 Å². The molecule has 7 heteroatoms. The third-order valence-electron chi connectivity index (χ3n) is 6.40. The van der Waals surface area contributed by atoms with E-state index in [1.54, 1.807) is 12.1 Å². The number of amides is 1. The lowest BCUT2D eigenvalue weighted by Gasteiger charge is -2.56. The summed E-state index contributed by atoms with van der Waals surface area (Å²) in [5.41, 5.74) is 0.964. The molecule has 0 spiro atoms. The summed E-state index contributed by atoms with van der Waals surface area (Å²) in [6.45, 7) is -2.23. The Morgan fingerprint density at radius 1 is 1.14 bits per heavy atom. The molecule has 4 aliphatic rings. The molecule has 0 saturated heterocycles. The summed E-state index contributed by atoms with van der Waals surface area (Å²) in [5.74, 6) is 2.51. The number of oxime groups is 1. The zero-order valence-electron chi connectivity index (χ0n) is 15.8. The van der Waals surface area contributed by atoms with Crippen molar-refractivity contribution in [1.82, 2.24) is 5.32 Å². The molecule has 1 amide bonds. The van der Waals surface area contributed by atoms with Crippen LogP contribution < -0.4 is 10.1 Å². The average Bonchev–Trinajstić information content (AvgIpc) is 2.63. The fraction of sp³-hybridized carbons (Fsp3) is 0.619. The van der Waals surface area contributed by atoms with Gasteiger partial charge in [-0.2, -0.15) is 8.78 Å². The van der Waals surface area contributed by atoms with Crippen LogP contribution in [0.1, 0.15) is 44.1 Å². The molecule has 0 atom stereocenters. The number of benzene rings is 1. The van der Waals surface area contributed by atoms with Gasteiger partial charge in [0.1, 0.15) is 5.75 Å². The minimum absolute atomic E-state index is 0.0807. The predicted octanol–water partition coefficient (Wildman–Crippen LogP) is 3.97. The fourth-order valence-corrected chi connectivity index (χ4v) is 5.77. The Hall–Kier alpha value is -2.18. The molecule has 4 bridgehead atoms. The lowest BCUT2D eigenvalue weighted by Crippen LogP contribution is -2.51. The van der Waals surface area contributed by atoms with E-state index in [2.05, 4.69) is 15.2 Å². The number of hydrogen-bond donors (Lipinski definition) is 1. The first kappa shape index (κ1) is 19.2. The quantitative estimate of drug-likeness (QED) is 0.538. The minimum Gasteiger partial charge on any atom is -0.435 e. The normalized spacial score (nSPS) is 30.8. The first-order valence-electron chi connectivity index (χ1n) is 9.97. The van der Waals surface area contributed by atoms with Crippen molar-refractivity contribution >= 4 is 12.1 Å². The predicted molar refractivity (Wildman–Crippen MR) is 100 cm³/mol. The SMILES string of the molecule is O=C(CO/N=C\c1ccc(OC(F)F)cc1)NCC12CC3CC(CC(C3)C1)C2. The van der Waals surface area contributed by atoms with Crippen molar-refractivity contribution in [3.63, 3.8) is 0 Å². The van der Waals surface area contributed by atoms with Crippen molar-refractivity contribution in [2.45, 2.75) is 45.1 Å². The molecule has 1 N–H and O–H groups in total. The van der Waals surface area contributed by atoms with Crippen molar-refractivity contribution in [2.75, 3.05) is 13.2 Å². The van der Waals surface area contributed by atoms with Crippen molar-refractivity contribution in [1.29, 1.82) is 0 Å². The van der Waals surface area contributed by atoms with E-state index in [-0.39, 0.29) is 18.3 Å². The van der Waals surface area contributed by atoms with E-state index < -0.39 is 6.61 Å². The Kier molecular flexibility index (Phi) is 5.51. The summed E-state index contributed by atoms with van der Waals surface area (Å²) >= 11 is 0. The Labute approximate surface area is 163 Å². The third-order valence-corrected chi connectivity index (χ3v) is 6.40. The second-order valence-corrected chi connectivity index (χ2v) is 8.65. The molecule has 5 nitrogen and oxygen atoms in total. The molecule has 0 radical (unpaired) electrons. The van der Waals surface area contributed by atoms with E-state index in [0.29, 0.717) is 11.0 Å². The van der Waals surface area contributed by atoms with E-state index in [1.165, 1.54) is 56.9 Å². The van der Waals surface area contributed by atoms with Gasteiger partial charge in [0.2, 0.25) is 0 Å². The van der Waals surface area contributed by atoms with Crippen molar-refractivity contribution in [3.05, 3.63) is 29.8 Å². The molecule has 1 aromatic rings. The van der Waals surface area contributed by atoms with Gasteiger partial charge in [-0.25, -0.2) is 0 Å². The van der Waals surface area contributed by atoms with E-state index in [4.69, 9.17) is 4.84 Å². The highest BCUT2D eigenvalue weighted by Crippen LogP contribution is 2.59. The number of rotatable bonds is 8. The van der Waals surface area contributed by atoms with E-state index in [1.807, 2.05) is 0 Å². The standard InChI is InChI=1S/C21H26F2N2O3/c22-20(23)28-18-3-1-14(2-4-18)11-25-27-12-19(26)24-13-21-8-15-5-16(9-21)7-17(6-15)10-21/h1-4,11,15-17,20H,5-10,12-13H2,(H,24,26)/b25-11-. The maximum absolute atomic E-state index is 12.1. The van der Waals surface area contributed by atoms with E-state index >= 15 is 0 Å². The van der Waals surface area contributed by atoms with Crippen LogP contribution in [0.2, 0.25) is 0 Å². The van der Waals surface area contributed by atoms with Crippen LogP contribution in [0, 0.1) is 23.2 Å². The molecule has 0 aromatic heterocycles. The summed E-state index contributed by atoms with van der Waals surface area (Å²) in [7, 11) is 0. The van der Waals surface area contributed by atoms with Gasteiger partial charge in [-0.05, 0) is 91.5 Å². The molecule has 1 aromatic carbocycles. The number of ether oxygens (including phenoxy) is 1. The topological polar surface area (TPSA) is 59.9 Å². The number of halogens is 2. The first-order chi connectivity index (χ1) is 13.5. The molecule has 0 unspecified atom stereocenters. The van der Waals surface area contributed by atoms with Crippen LogP contribution in [-0.2, 0) is 9.63 Å². The molecule has 4 aliphatic carbocycles. The molecule has 0 heterocycles. The number of nitrogens with one attached hydrogen (secondary N) is 1. The molecule has 4 fully saturated rings. The first-order valence-corrected chi connectivity index (χ1v) is 9.97. The van der Waals surface area contributed by atoms with Crippen LogP contribution >= 0.6 is 0 Å². The lowest BCUT2D eigenvalue weighted by molar-refractivity contribution is -0.127. The zero-order valence-corrected chi connectivity index (χ0v) is 15.8. The molecule has 0 aliphatic heterocycles. The van der Waals surface area contributed by atoms with Gasteiger partial charge >= 0.3 is 6.61 Å². The Balaban J connectivity index is 1.18. The van der Waals surface area contributed by atoms with Gasteiger partial charge < -0.3 is 14.9 Å². The van der Waals surface area contributed by atoms with E-state index in [9.17, 15) is 13.6 Å². The summed E-state index contributed by atoms with van der Waals surface area (Å²) in [6, 6.07) is 6.01. The summed E-state index contributed by atoms with van der Waals surface area (Å²) in [5, 5.41) is 6.81. The third kappa shape index (κ3) is 4.62. The van der Waals surface area contributed by atoms with Gasteiger partial charge in [0.25, 0.3) is 5.91 Å². The Bertz CT molecular complexity index is 686. The van der Waals surface area contributed by atoms with Crippen LogP contribution in [-0.4, -0.2) is 31.9 Å². The highest BCUT2D eigenvalue weighted by Gasteiger charge is 2.50.